The molecule has 3 N–H and O–H groups in total. The molecule has 104 valence electrons. The van der Waals surface area contributed by atoms with Gasteiger partial charge in [0.2, 0.25) is 5.91 Å². The lowest BCUT2D eigenvalue weighted by atomic mass is 10.0. The fourth-order valence-corrected chi connectivity index (χ4v) is 2.05. The molecule has 0 rings (SSSR count). The molecule has 0 bridgehead atoms. The predicted octanol–water partition coefficient (Wildman–Crippen LogP) is 2.18. The quantitative estimate of drug-likeness (QED) is 0.491. The fraction of sp³-hybridized carbons (Fsp3) is 0.583. The number of rotatable bonds is 7. The minimum absolute atomic E-state index is 0.163. The maximum absolute atomic E-state index is 11.2. The van der Waals surface area contributed by atoms with Crippen LogP contribution in [0.25, 0.3) is 0 Å². The minimum Gasteiger partial charge on any atom is -0.352 e. The van der Waals surface area contributed by atoms with Gasteiger partial charge in [0, 0.05) is 17.9 Å². The second-order valence-electron chi connectivity index (χ2n) is 4.70. The SMILES string of the molecule is C=C(C)C(=O)NCC(C)CC/C(C)=C/P(=O)(O)O. The number of carbonyl (C=O) groups excluding carboxylic acids is 1. The summed E-state index contributed by atoms with van der Waals surface area (Å²) in [7, 11) is -4.07. The van der Waals surface area contributed by atoms with E-state index in [9.17, 15) is 9.36 Å². The Morgan fingerprint density at radius 3 is 2.44 bits per heavy atom. The molecule has 0 aromatic heterocycles. The molecule has 6 heteroatoms. The molecule has 0 aliphatic heterocycles. The topological polar surface area (TPSA) is 86.6 Å². The first-order valence-electron chi connectivity index (χ1n) is 5.79. The zero-order valence-corrected chi connectivity index (χ0v) is 12.0. The Hall–Kier alpha value is -0.900. The van der Waals surface area contributed by atoms with Gasteiger partial charge in [-0.05, 0) is 32.6 Å². The molecule has 0 aromatic rings. The van der Waals surface area contributed by atoms with Gasteiger partial charge in [0.05, 0.1) is 0 Å². The van der Waals surface area contributed by atoms with E-state index >= 15 is 0 Å². The second kappa shape index (κ2) is 7.52. The van der Waals surface area contributed by atoms with Gasteiger partial charge in [0.15, 0.2) is 0 Å². The molecular formula is C12H22NO4P. The van der Waals surface area contributed by atoms with Crippen LogP contribution in [0.4, 0.5) is 0 Å². The summed E-state index contributed by atoms with van der Waals surface area (Å²) in [5.41, 5.74) is 1.14. The van der Waals surface area contributed by atoms with Crippen molar-refractivity contribution in [2.75, 3.05) is 6.54 Å². The summed E-state index contributed by atoms with van der Waals surface area (Å²) in [6.45, 7) is 9.39. The van der Waals surface area contributed by atoms with Crippen LogP contribution < -0.4 is 5.32 Å². The Balaban J connectivity index is 4.01. The van der Waals surface area contributed by atoms with E-state index in [-0.39, 0.29) is 11.8 Å². The standard InChI is InChI=1S/C12H22NO4P/c1-9(2)12(14)13-7-10(3)5-6-11(4)8-18(15,16)17/h8,10H,1,5-7H2,2-4H3,(H,13,14)(H2,15,16,17)/b11-8+. The Morgan fingerprint density at radius 2 is 2.00 bits per heavy atom. The van der Waals surface area contributed by atoms with Crippen molar-refractivity contribution in [2.45, 2.75) is 33.6 Å². The third-order valence-corrected chi connectivity index (χ3v) is 3.20. The monoisotopic (exact) mass is 275 g/mol. The van der Waals surface area contributed by atoms with Gasteiger partial charge in [-0.3, -0.25) is 9.36 Å². The summed E-state index contributed by atoms with van der Waals surface area (Å²) < 4.78 is 10.7. The zero-order chi connectivity index (χ0) is 14.3. The van der Waals surface area contributed by atoms with Crippen molar-refractivity contribution in [2.24, 2.45) is 5.92 Å². The zero-order valence-electron chi connectivity index (χ0n) is 11.1. The lowest BCUT2D eigenvalue weighted by Gasteiger charge is -2.13. The Labute approximate surface area is 108 Å². The van der Waals surface area contributed by atoms with Crippen molar-refractivity contribution in [1.82, 2.24) is 5.32 Å². The van der Waals surface area contributed by atoms with Crippen molar-refractivity contribution in [1.29, 1.82) is 0 Å². The molecular weight excluding hydrogens is 253 g/mol. The maximum atomic E-state index is 11.2. The maximum Gasteiger partial charge on any atom is 0.349 e. The highest BCUT2D eigenvalue weighted by Gasteiger charge is 2.10. The highest BCUT2D eigenvalue weighted by molar-refractivity contribution is 7.55. The van der Waals surface area contributed by atoms with Gasteiger partial charge in [-0.25, -0.2) is 0 Å². The first-order valence-corrected chi connectivity index (χ1v) is 7.47. The molecule has 0 aromatic carbocycles. The number of allylic oxidation sites excluding steroid dienone is 1. The lowest BCUT2D eigenvalue weighted by Crippen LogP contribution is -2.28. The van der Waals surface area contributed by atoms with Gasteiger partial charge in [-0.15, -0.1) is 0 Å². The molecule has 0 saturated heterocycles. The Bertz CT molecular complexity index is 384. The normalized spacial score (nSPS) is 14.2. The van der Waals surface area contributed by atoms with Crippen LogP contribution in [0.15, 0.2) is 23.5 Å². The number of hydrogen-bond acceptors (Lipinski definition) is 2. The van der Waals surface area contributed by atoms with E-state index < -0.39 is 7.60 Å². The molecule has 18 heavy (non-hydrogen) atoms. The van der Waals surface area contributed by atoms with Gasteiger partial charge in [-0.2, -0.15) is 0 Å². The summed E-state index contributed by atoms with van der Waals surface area (Å²) in [6, 6.07) is 0. The summed E-state index contributed by atoms with van der Waals surface area (Å²) in [4.78, 5) is 28.8. The van der Waals surface area contributed by atoms with Crippen LogP contribution in [0.3, 0.4) is 0 Å². The van der Waals surface area contributed by atoms with Gasteiger partial charge < -0.3 is 15.1 Å². The number of carbonyl (C=O) groups is 1. The van der Waals surface area contributed by atoms with Crippen LogP contribution in [0.5, 0.6) is 0 Å². The van der Waals surface area contributed by atoms with Crippen molar-refractivity contribution in [3.63, 3.8) is 0 Å². The van der Waals surface area contributed by atoms with E-state index in [1.54, 1.807) is 13.8 Å². The highest BCUT2D eigenvalue weighted by atomic mass is 31.2. The summed E-state index contributed by atoms with van der Waals surface area (Å²) in [6.07, 6.45) is 1.37. The Morgan fingerprint density at radius 1 is 1.44 bits per heavy atom. The van der Waals surface area contributed by atoms with E-state index in [0.29, 0.717) is 24.1 Å². The van der Waals surface area contributed by atoms with Crippen LogP contribution in [0.2, 0.25) is 0 Å². The van der Waals surface area contributed by atoms with Crippen LogP contribution in [0.1, 0.15) is 33.6 Å². The number of nitrogens with one attached hydrogen (secondary N) is 1. The van der Waals surface area contributed by atoms with E-state index in [2.05, 4.69) is 11.9 Å². The first-order chi connectivity index (χ1) is 8.11. The van der Waals surface area contributed by atoms with E-state index in [4.69, 9.17) is 9.79 Å². The second-order valence-corrected chi connectivity index (χ2v) is 6.14. The fourth-order valence-electron chi connectivity index (χ4n) is 1.35. The molecule has 0 fully saturated rings. The molecule has 0 aliphatic carbocycles. The molecule has 0 saturated carbocycles. The summed E-state index contributed by atoms with van der Waals surface area (Å²) in [5.74, 6) is 1.07. The van der Waals surface area contributed by atoms with Crippen LogP contribution >= 0.6 is 7.60 Å². The third kappa shape index (κ3) is 9.16. The molecule has 0 spiro atoms. The van der Waals surface area contributed by atoms with E-state index in [0.717, 1.165) is 12.2 Å². The minimum atomic E-state index is -4.07. The van der Waals surface area contributed by atoms with Gasteiger partial charge in [-0.1, -0.05) is 19.1 Å². The average molecular weight is 275 g/mol. The molecule has 0 heterocycles. The predicted molar refractivity (Wildman–Crippen MR) is 72.0 cm³/mol. The Kier molecular flexibility index (Phi) is 7.14. The van der Waals surface area contributed by atoms with Crippen LogP contribution in [-0.4, -0.2) is 22.2 Å². The smallest absolute Gasteiger partial charge is 0.349 e. The lowest BCUT2D eigenvalue weighted by molar-refractivity contribution is -0.117. The highest BCUT2D eigenvalue weighted by Crippen LogP contribution is 2.38. The largest absolute Gasteiger partial charge is 0.352 e. The molecule has 1 amide bonds. The molecule has 0 radical (unpaired) electrons. The van der Waals surface area contributed by atoms with Crippen LogP contribution in [0, 0.1) is 5.92 Å². The molecule has 1 unspecified atom stereocenters. The van der Waals surface area contributed by atoms with E-state index in [1.165, 1.54) is 0 Å². The molecule has 5 nitrogen and oxygen atoms in total. The number of hydrogen-bond donors (Lipinski definition) is 3. The van der Waals surface area contributed by atoms with Gasteiger partial charge >= 0.3 is 7.60 Å². The molecule has 1 atom stereocenters. The molecule has 0 aliphatic rings. The van der Waals surface area contributed by atoms with Crippen molar-refractivity contribution < 1.29 is 19.1 Å². The van der Waals surface area contributed by atoms with Gasteiger partial charge in [0.25, 0.3) is 0 Å². The van der Waals surface area contributed by atoms with Crippen LogP contribution in [-0.2, 0) is 9.36 Å². The first kappa shape index (κ1) is 17.1. The summed E-state index contributed by atoms with van der Waals surface area (Å²) >= 11 is 0. The summed E-state index contributed by atoms with van der Waals surface area (Å²) in [5, 5.41) is 2.74. The third-order valence-electron chi connectivity index (χ3n) is 2.42. The number of amides is 1. The van der Waals surface area contributed by atoms with Crippen molar-refractivity contribution in [3.05, 3.63) is 23.5 Å². The van der Waals surface area contributed by atoms with Crippen molar-refractivity contribution >= 4 is 13.5 Å². The van der Waals surface area contributed by atoms with E-state index in [1.807, 2.05) is 6.92 Å². The average Bonchev–Trinajstić information content (AvgIpc) is 2.20. The van der Waals surface area contributed by atoms with Gasteiger partial charge in [0.1, 0.15) is 0 Å². The van der Waals surface area contributed by atoms with Crippen molar-refractivity contribution in [3.8, 4) is 0 Å².